The first-order valence-electron chi connectivity index (χ1n) is 4.84. The highest BCUT2D eigenvalue weighted by molar-refractivity contribution is 5.68. The summed E-state index contributed by atoms with van der Waals surface area (Å²) in [5.74, 6) is -0.0468. The van der Waals surface area contributed by atoms with E-state index in [1.807, 2.05) is 0 Å². The molecule has 1 unspecified atom stereocenters. The minimum Gasteiger partial charge on any atom is -0.508 e. The number of hydrogen-bond acceptors (Lipinski definition) is 3. The molecule has 4 nitrogen and oxygen atoms in total. The number of hydrogen-bond donors (Lipinski definition) is 2. The molecule has 0 aliphatic carbocycles. The lowest BCUT2D eigenvalue weighted by molar-refractivity contribution is -0.137. The minimum absolute atomic E-state index is 0.0571. The topological polar surface area (TPSA) is 66.8 Å². The molecule has 1 aliphatic rings. The number of benzene rings is 1. The summed E-state index contributed by atoms with van der Waals surface area (Å²) in [6, 6.07) is 4.81. The van der Waals surface area contributed by atoms with Gasteiger partial charge in [0.1, 0.15) is 11.5 Å². The van der Waals surface area contributed by atoms with Gasteiger partial charge >= 0.3 is 5.97 Å². The molecule has 0 fully saturated rings. The van der Waals surface area contributed by atoms with Crippen LogP contribution < -0.4 is 4.74 Å². The Morgan fingerprint density at radius 2 is 2.33 bits per heavy atom. The molecule has 0 radical (unpaired) electrons. The molecule has 4 heteroatoms. The van der Waals surface area contributed by atoms with Gasteiger partial charge < -0.3 is 14.9 Å². The molecule has 1 aliphatic heterocycles. The lowest BCUT2D eigenvalue weighted by Gasteiger charge is -2.24. The second-order valence-corrected chi connectivity index (χ2v) is 3.65. The van der Waals surface area contributed by atoms with Gasteiger partial charge in [-0.1, -0.05) is 0 Å². The van der Waals surface area contributed by atoms with Crippen molar-refractivity contribution in [2.24, 2.45) is 0 Å². The third-order valence-corrected chi connectivity index (χ3v) is 2.58. The lowest BCUT2D eigenvalue weighted by Crippen LogP contribution is -2.16. The third-order valence-electron chi connectivity index (χ3n) is 2.58. The van der Waals surface area contributed by atoms with Crippen LogP contribution in [-0.4, -0.2) is 22.8 Å². The van der Waals surface area contributed by atoms with E-state index in [1.54, 1.807) is 18.2 Å². The van der Waals surface area contributed by atoms with Crippen molar-refractivity contribution in [1.82, 2.24) is 0 Å². The summed E-state index contributed by atoms with van der Waals surface area (Å²) in [6.07, 6.45) is 0.766. The first-order chi connectivity index (χ1) is 7.16. The number of phenols is 1. The molecule has 15 heavy (non-hydrogen) atoms. The zero-order valence-corrected chi connectivity index (χ0v) is 8.14. The van der Waals surface area contributed by atoms with Crippen LogP contribution in [0.15, 0.2) is 18.2 Å². The van der Waals surface area contributed by atoms with Gasteiger partial charge in [-0.3, -0.25) is 4.79 Å². The summed E-state index contributed by atoms with van der Waals surface area (Å²) in [4.78, 5) is 10.7. The zero-order chi connectivity index (χ0) is 10.8. The van der Waals surface area contributed by atoms with Gasteiger partial charge in [0.15, 0.2) is 0 Å². The van der Waals surface area contributed by atoms with Crippen molar-refractivity contribution in [1.29, 1.82) is 0 Å². The Bertz CT molecular complexity index is 386. The van der Waals surface area contributed by atoms with Crippen molar-refractivity contribution < 1.29 is 19.7 Å². The Morgan fingerprint density at radius 3 is 3.07 bits per heavy atom. The van der Waals surface area contributed by atoms with Gasteiger partial charge in [-0.05, 0) is 24.6 Å². The number of carbonyl (C=O) groups is 1. The molecule has 0 saturated heterocycles. The first kappa shape index (κ1) is 9.83. The van der Waals surface area contributed by atoms with Crippen LogP contribution in [-0.2, 0) is 4.79 Å². The molecule has 2 N–H and O–H groups in total. The molecule has 0 saturated carbocycles. The molecule has 0 bridgehead atoms. The largest absolute Gasteiger partial charge is 0.508 e. The van der Waals surface area contributed by atoms with Crippen LogP contribution in [0.4, 0.5) is 0 Å². The number of phenolic OH excluding ortho intramolecular Hbond substituents is 1. The molecule has 1 heterocycles. The standard InChI is InChI=1S/C11H12O4/c12-8-1-2-10-9(6-8)7(3-4-15-10)5-11(13)14/h1-2,6-7,12H,3-5H2,(H,13,14). The fourth-order valence-electron chi connectivity index (χ4n) is 1.88. The van der Waals surface area contributed by atoms with Crippen LogP contribution in [0.25, 0.3) is 0 Å². The summed E-state index contributed by atoms with van der Waals surface area (Å²) >= 11 is 0. The molecule has 2 rings (SSSR count). The first-order valence-corrected chi connectivity index (χ1v) is 4.84. The fraction of sp³-hybridized carbons (Fsp3) is 0.364. The normalized spacial score (nSPS) is 19.1. The Morgan fingerprint density at radius 1 is 1.53 bits per heavy atom. The number of aromatic hydroxyl groups is 1. The van der Waals surface area contributed by atoms with Crippen LogP contribution in [0.5, 0.6) is 11.5 Å². The van der Waals surface area contributed by atoms with E-state index >= 15 is 0 Å². The van der Waals surface area contributed by atoms with Crippen LogP contribution in [0, 0.1) is 0 Å². The summed E-state index contributed by atoms with van der Waals surface area (Å²) in [6.45, 7) is 0.537. The third kappa shape index (κ3) is 2.03. The molecule has 80 valence electrons. The highest BCUT2D eigenvalue weighted by Gasteiger charge is 2.23. The van der Waals surface area contributed by atoms with Gasteiger partial charge in [-0.15, -0.1) is 0 Å². The number of carboxylic acids is 1. The highest BCUT2D eigenvalue weighted by atomic mass is 16.5. The van der Waals surface area contributed by atoms with Crippen molar-refractivity contribution in [2.75, 3.05) is 6.61 Å². The van der Waals surface area contributed by atoms with Gasteiger partial charge in [-0.2, -0.15) is 0 Å². The van der Waals surface area contributed by atoms with E-state index in [0.717, 1.165) is 5.56 Å². The van der Waals surface area contributed by atoms with Crippen molar-refractivity contribution >= 4 is 5.97 Å². The quantitative estimate of drug-likeness (QED) is 0.776. The molecule has 1 aromatic rings. The monoisotopic (exact) mass is 208 g/mol. The maximum absolute atomic E-state index is 10.7. The van der Waals surface area contributed by atoms with E-state index in [0.29, 0.717) is 18.8 Å². The van der Waals surface area contributed by atoms with E-state index in [4.69, 9.17) is 9.84 Å². The van der Waals surface area contributed by atoms with E-state index in [1.165, 1.54) is 0 Å². The molecule has 0 spiro atoms. The second-order valence-electron chi connectivity index (χ2n) is 3.65. The maximum Gasteiger partial charge on any atom is 0.303 e. The zero-order valence-electron chi connectivity index (χ0n) is 8.14. The Balaban J connectivity index is 2.32. The van der Waals surface area contributed by atoms with Crippen LogP contribution >= 0.6 is 0 Å². The van der Waals surface area contributed by atoms with Gasteiger partial charge in [0.2, 0.25) is 0 Å². The Hall–Kier alpha value is -1.71. The smallest absolute Gasteiger partial charge is 0.303 e. The summed E-state index contributed by atoms with van der Waals surface area (Å²) < 4.78 is 5.39. The number of rotatable bonds is 2. The van der Waals surface area contributed by atoms with Crippen molar-refractivity contribution in [3.8, 4) is 11.5 Å². The number of fused-ring (bicyclic) bond motifs is 1. The molecular weight excluding hydrogens is 196 g/mol. The summed E-state index contributed by atoms with van der Waals surface area (Å²) in [5.41, 5.74) is 0.795. The van der Waals surface area contributed by atoms with E-state index in [2.05, 4.69) is 0 Å². The average Bonchev–Trinajstić information content (AvgIpc) is 2.18. The number of ether oxygens (including phenoxy) is 1. The van der Waals surface area contributed by atoms with Gasteiger partial charge in [-0.25, -0.2) is 0 Å². The number of carboxylic acid groups (broad SMARTS) is 1. The van der Waals surface area contributed by atoms with Crippen molar-refractivity contribution in [2.45, 2.75) is 18.8 Å². The lowest BCUT2D eigenvalue weighted by atomic mass is 9.90. The predicted octanol–water partition coefficient (Wildman–Crippen LogP) is 1.73. The average molecular weight is 208 g/mol. The van der Waals surface area contributed by atoms with E-state index in [-0.39, 0.29) is 18.1 Å². The number of aliphatic carboxylic acids is 1. The summed E-state index contributed by atoms with van der Waals surface area (Å²) in [7, 11) is 0. The Labute approximate surface area is 87.1 Å². The molecule has 1 aromatic carbocycles. The second kappa shape index (κ2) is 3.81. The van der Waals surface area contributed by atoms with Crippen molar-refractivity contribution in [3.63, 3.8) is 0 Å². The van der Waals surface area contributed by atoms with Crippen LogP contribution in [0.1, 0.15) is 24.3 Å². The van der Waals surface area contributed by atoms with Gasteiger partial charge in [0, 0.05) is 11.5 Å². The van der Waals surface area contributed by atoms with Gasteiger partial charge in [0.05, 0.1) is 13.0 Å². The SMILES string of the molecule is O=C(O)CC1CCOc2ccc(O)cc21. The molecular formula is C11H12O4. The van der Waals surface area contributed by atoms with Crippen LogP contribution in [0.3, 0.4) is 0 Å². The molecule has 0 amide bonds. The molecule has 1 atom stereocenters. The van der Waals surface area contributed by atoms with E-state index < -0.39 is 5.97 Å². The minimum atomic E-state index is -0.823. The predicted molar refractivity (Wildman–Crippen MR) is 53.2 cm³/mol. The highest BCUT2D eigenvalue weighted by Crippen LogP contribution is 2.37. The Kier molecular flexibility index (Phi) is 2.49. The molecule has 0 aromatic heterocycles. The maximum atomic E-state index is 10.7. The van der Waals surface area contributed by atoms with Crippen LogP contribution in [0.2, 0.25) is 0 Å². The van der Waals surface area contributed by atoms with Gasteiger partial charge in [0.25, 0.3) is 0 Å². The van der Waals surface area contributed by atoms with E-state index in [9.17, 15) is 9.90 Å². The van der Waals surface area contributed by atoms with Crippen molar-refractivity contribution in [3.05, 3.63) is 23.8 Å². The fourth-order valence-corrected chi connectivity index (χ4v) is 1.88. The summed E-state index contributed by atoms with van der Waals surface area (Å²) in [5, 5.41) is 18.1.